The van der Waals surface area contributed by atoms with Gasteiger partial charge in [0.1, 0.15) is 0 Å². The topological polar surface area (TPSA) is 38.3 Å². The number of benzene rings is 1. The van der Waals surface area contributed by atoms with Crippen LogP contribution in [0.25, 0.3) is 0 Å². The molecule has 4 heteroatoms. The first kappa shape index (κ1) is 17.0. The largest absolute Gasteiger partial charge is 0.453 e. The number of carbonyl (C=O) groups excluding carboxylic acids is 1. The van der Waals surface area contributed by atoms with Gasteiger partial charge in [-0.05, 0) is 31.9 Å². The van der Waals surface area contributed by atoms with E-state index < -0.39 is 6.09 Å². The van der Waals surface area contributed by atoms with Crippen molar-refractivity contribution in [1.82, 2.24) is 5.32 Å². The summed E-state index contributed by atoms with van der Waals surface area (Å²) in [5.41, 5.74) is 0.820. The Morgan fingerprint density at radius 3 is 2.39 bits per heavy atom. The van der Waals surface area contributed by atoms with Crippen molar-refractivity contribution in [2.24, 2.45) is 0 Å². The zero-order valence-electron chi connectivity index (χ0n) is 11.7. The molecule has 0 radical (unpaired) electrons. The van der Waals surface area contributed by atoms with Crippen LogP contribution in [0.2, 0.25) is 0 Å². The van der Waals surface area contributed by atoms with Gasteiger partial charge in [-0.15, -0.1) is 0 Å². The molecule has 0 unspecified atom stereocenters. The van der Waals surface area contributed by atoms with Crippen molar-refractivity contribution in [1.29, 1.82) is 0 Å². The van der Waals surface area contributed by atoms with Gasteiger partial charge in [0.2, 0.25) is 0 Å². The van der Waals surface area contributed by atoms with Gasteiger partial charge in [0.15, 0.2) is 0 Å². The summed E-state index contributed by atoms with van der Waals surface area (Å²) >= 11 is 3.49. The van der Waals surface area contributed by atoms with E-state index in [-0.39, 0.29) is 5.54 Å². The highest BCUT2D eigenvalue weighted by atomic mass is 79.9. The first-order valence-corrected chi connectivity index (χ1v) is 6.83. The van der Waals surface area contributed by atoms with Crippen molar-refractivity contribution in [3.05, 3.63) is 34.3 Å². The molecule has 0 aliphatic carbocycles. The molecule has 3 nitrogen and oxygen atoms in total. The fourth-order valence-corrected chi connectivity index (χ4v) is 1.91. The molecular formula is C14H22BrNO2. The first-order chi connectivity index (χ1) is 8.44. The number of halogens is 1. The van der Waals surface area contributed by atoms with E-state index in [1.807, 2.05) is 52.0 Å². The van der Waals surface area contributed by atoms with Crippen molar-refractivity contribution >= 4 is 22.0 Å². The second-order valence-electron chi connectivity index (χ2n) is 4.27. The quantitative estimate of drug-likeness (QED) is 0.909. The Balaban J connectivity index is 0.00000137. The number of carbonyl (C=O) groups is 1. The zero-order chi connectivity index (χ0) is 14.2. The zero-order valence-corrected chi connectivity index (χ0v) is 13.3. The van der Waals surface area contributed by atoms with Crippen LogP contribution in [0, 0.1) is 0 Å². The number of amides is 1. The molecule has 1 aromatic rings. The van der Waals surface area contributed by atoms with Crippen LogP contribution in [0.1, 0.15) is 33.3 Å². The van der Waals surface area contributed by atoms with Gasteiger partial charge in [-0.2, -0.15) is 0 Å². The van der Waals surface area contributed by atoms with Crippen LogP contribution in [-0.4, -0.2) is 18.7 Å². The molecular weight excluding hydrogens is 294 g/mol. The molecule has 0 atom stereocenters. The molecule has 0 aliphatic rings. The van der Waals surface area contributed by atoms with Gasteiger partial charge in [-0.1, -0.05) is 48.0 Å². The maximum atomic E-state index is 11.2. The van der Waals surface area contributed by atoms with Gasteiger partial charge in [0, 0.05) is 10.0 Å². The SMILES string of the molecule is CC.COC(=O)NC(C)(C)Cc1ccccc1Br. The highest BCUT2D eigenvalue weighted by Gasteiger charge is 2.22. The minimum atomic E-state index is -0.406. The second kappa shape index (κ2) is 8.14. The summed E-state index contributed by atoms with van der Waals surface area (Å²) in [6.07, 6.45) is 0.334. The van der Waals surface area contributed by atoms with Crippen LogP contribution in [0.3, 0.4) is 0 Å². The standard InChI is InChI=1S/C12H16BrNO2.C2H6/c1-12(2,14-11(15)16-3)8-9-6-4-5-7-10(9)13;1-2/h4-7H,8H2,1-3H3,(H,14,15);1-2H3. The molecule has 0 heterocycles. The van der Waals surface area contributed by atoms with Crippen LogP contribution in [0.15, 0.2) is 28.7 Å². The van der Waals surface area contributed by atoms with E-state index in [0.29, 0.717) is 0 Å². The minimum Gasteiger partial charge on any atom is -0.453 e. The second-order valence-corrected chi connectivity index (χ2v) is 5.12. The lowest BCUT2D eigenvalue weighted by atomic mass is 9.95. The van der Waals surface area contributed by atoms with E-state index in [1.165, 1.54) is 7.11 Å². The van der Waals surface area contributed by atoms with Crippen LogP contribution in [0.4, 0.5) is 4.79 Å². The predicted molar refractivity (Wildman–Crippen MR) is 78.8 cm³/mol. The number of rotatable bonds is 3. The normalized spacial score (nSPS) is 10.1. The molecule has 1 rings (SSSR count). The third kappa shape index (κ3) is 6.05. The molecule has 1 aromatic carbocycles. The van der Waals surface area contributed by atoms with Gasteiger partial charge in [-0.25, -0.2) is 4.79 Å². The lowest BCUT2D eigenvalue weighted by molar-refractivity contribution is 0.159. The van der Waals surface area contributed by atoms with Crippen LogP contribution in [-0.2, 0) is 11.2 Å². The Labute approximate surface area is 118 Å². The summed E-state index contributed by atoms with van der Waals surface area (Å²) < 4.78 is 5.64. The third-order valence-electron chi connectivity index (χ3n) is 2.22. The van der Waals surface area contributed by atoms with Crippen molar-refractivity contribution in [3.63, 3.8) is 0 Å². The van der Waals surface area contributed by atoms with E-state index in [0.717, 1.165) is 16.5 Å². The Morgan fingerprint density at radius 1 is 1.33 bits per heavy atom. The van der Waals surface area contributed by atoms with Crippen LogP contribution < -0.4 is 5.32 Å². The van der Waals surface area contributed by atoms with E-state index in [4.69, 9.17) is 0 Å². The first-order valence-electron chi connectivity index (χ1n) is 6.04. The predicted octanol–water partition coefficient (Wildman–Crippen LogP) is 4.15. The fourth-order valence-electron chi connectivity index (χ4n) is 1.49. The van der Waals surface area contributed by atoms with Gasteiger partial charge in [0.05, 0.1) is 7.11 Å². The van der Waals surface area contributed by atoms with Crippen molar-refractivity contribution < 1.29 is 9.53 Å². The average molecular weight is 316 g/mol. The molecule has 0 fully saturated rings. The molecule has 1 N–H and O–H groups in total. The molecule has 0 saturated carbocycles. The fraction of sp³-hybridized carbons (Fsp3) is 0.500. The minimum absolute atomic E-state index is 0.336. The summed E-state index contributed by atoms with van der Waals surface area (Å²) in [5.74, 6) is 0. The van der Waals surface area contributed by atoms with Crippen LogP contribution >= 0.6 is 15.9 Å². The molecule has 102 valence electrons. The third-order valence-corrected chi connectivity index (χ3v) is 2.99. The van der Waals surface area contributed by atoms with Gasteiger partial charge >= 0.3 is 6.09 Å². The molecule has 18 heavy (non-hydrogen) atoms. The number of nitrogens with one attached hydrogen (secondary N) is 1. The van der Waals surface area contributed by atoms with Gasteiger partial charge in [-0.3, -0.25) is 0 Å². The lowest BCUT2D eigenvalue weighted by Gasteiger charge is -2.26. The molecule has 1 amide bonds. The average Bonchev–Trinajstić information content (AvgIpc) is 2.33. The smallest absolute Gasteiger partial charge is 0.407 e. The monoisotopic (exact) mass is 315 g/mol. The van der Waals surface area contributed by atoms with E-state index in [1.54, 1.807) is 0 Å². The molecule has 0 aromatic heterocycles. The maximum Gasteiger partial charge on any atom is 0.407 e. The number of alkyl carbamates (subject to hydrolysis) is 1. The summed E-state index contributed by atoms with van der Waals surface area (Å²) in [7, 11) is 1.36. The Hall–Kier alpha value is -1.03. The van der Waals surface area contributed by atoms with Gasteiger partial charge < -0.3 is 10.1 Å². The molecule has 0 bridgehead atoms. The Bertz CT molecular complexity index is 378. The maximum absolute atomic E-state index is 11.2. The number of hydrogen-bond acceptors (Lipinski definition) is 2. The number of ether oxygens (including phenoxy) is 1. The highest BCUT2D eigenvalue weighted by Crippen LogP contribution is 2.21. The van der Waals surface area contributed by atoms with Gasteiger partial charge in [0.25, 0.3) is 0 Å². The summed E-state index contributed by atoms with van der Waals surface area (Å²) in [5, 5.41) is 2.80. The van der Waals surface area contributed by atoms with Crippen molar-refractivity contribution in [2.75, 3.05) is 7.11 Å². The molecule has 0 spiro atoms. The van der Waals surface area contributed by atoms with Crippen molar-refractivity contribution in [3.8, 4) is 0 Å². The Kier molecular flexibility index (Phi) is 7.67. The van der Waals surface area contributed by atoms with Crippen LogP contribution in [0.5, 0.6) is 0 Å². The Morgan fingerprint density at radius 2 is 1.89 bits per heavy atom. The number of hydrogen-bond donors (Lipinski definition) is 1. The summed E-state index contributed by atoms with van der Waals surface area (Å²) in [6.45, 7) is 7.92. The number of methoxy groups -OCH3 is 1. The van der Waals surface area contributed by atoms with E-state index in [9.17, 15) is 4.79 Å². The molecule has 0 saturated heterocycles. The summed E-state index contributed by atoms with van der Waals surface area (Å²) in [6, 6.07) is 7.97. The summed E-state index contributed by atoms with van der Waals surface area (Å²) in [4.78, 5) is 11.2. The van der Waals surface area contributed by atoms with Crippen molar-refractivity contribution in [2.45, 2.75) is 39.7 Å². The highest BCUT2D eigenvalue weighted by molar-refractivity contribution is 9.10. The van der Waals surface area contributed by atoms with E-state index >= 15 is 0 Å². The molecule has 0 aliphatic heterocycles. The lowest BCUT2D eigenvalue weighted by Crippen LogP contribution is -2.45. The van der Waals surface area contributed by atoms with E-state index in [2.05, 4.69) is 26.0 Å².